The van der Waals surface area contributed by atoms with Crippen molar-refractivity contribution >= 4 is 5.52 Å². The lowest BCUT2D eigenvalue weighted by Crippen LogP contribution is -2.10. The standard InChI is InChI=1S/C8H7F3N4/c9-8(10,11)7-14-5(3-12)6-4-13-1-2-15(6)7/h1-2,4H,3,12H2. The van der Waals surface area contributed by atoms with Gasteiger partial charge in [-0.1, -0.05) is 0 Å². The van der Waals surface area contributed by atoms with Gasteiger partial charge in [0, 0.05) is 18.9 Å². The zero-order valence-electron chi connectivity index (χ0n) is 7.49. The molecule has 0 fully saturated rings. The fourth-order valence-electron chi connectivity index (χ4n) is 1.35. The van der Waals surface area contributed by atoms with E-state index in [1.807, 2.05) is 0 Å². The van der Waals surface area contributed by atoms with Crippen LogP contribution in [0.15, 0.2) is 18.6 Å². The smallest absolute Gasteiger partial charge is 0.325 e. The summed E-state index contributed by atoms with van der Waals surface area (Å²) in [7, 11) is 0. The van der Waals surface area contributed by atoms with Crippen LogP contribution in [0.25, 0.3) is 5.52 Å². The van der Waals surface area contributed by atoms with E-state index in [2.05, 4.69) is 9.97 Å². The number of alkyl halides is 3. The molecule has 0 aliphatic heterocycles. The second-order valence-electron chi connectivity index (χ2n) is 2.92. The molecule has 0 spiro atoms. The molecule has 2 heterocycles. The molecule has 0 aliphatic rings. The Balaban J connectivity index is 2.76. The van der Waals surface area contributed by atoms with E-state index in [0.717, 1.165) is 4.40 Å². The van der Waals surface area contributed by atoms with E-state index < -0.39 is 12.0 Å². The molecule has 0 saturated carbocycles. The van der Waals surface area contributed by atoms with Gasteiger partial charge in [-0.25, -0.2) is 4.98 Å². The van der Waals surface area contributed by atoms with Crippen LogP contribution in [0.4, 0.5) is 13.2 Å². The van der Waals surface area contributed by atoms with Crippen molar-refractivity contribution in [3.63, 3.8) is 0 Å². The number of nitrogens with zero attached hydrogens (tertiary/aromatic N) is 3. The number of fused-ring (bicyclic) bond motifs is 1. The number of rotatable bonds is 1. The SMILES string of the molecule is NCc1nc(C(F)(F)F)n2ccncc12. The van der Waals surface area contributed by atoms with Crippen LogP contribution in [0, 0.1) is 0 Å². The van der Waals surface area contributed by atoms with Crippen molar-refractivity contribution < 1.29 is 13.2 Å². The molecule has 0 atom stereocenters. The number of halogens is 3. The maximum Gasteiger partial charge on any atom is 0.450 e. The Bertz CT molecular complexity index is 488. The van der Waals surface area contributed by atoms with Gasteiger partial charge in [-0.05, 0) is 0 Å². The topological polar surface area (TPSA) is 56.2 Å². The summed E-state index contributed by atoms with van der Waals surface area (Å²) in [4.78, 5) is 7.19. The Labute approximate surface area is 82.6 Å². The minimum Gasteiger partial charge on any atom is -0.325 e. The minimum absolute atomic E-state index is 0.0503. The van der Waals surface area contributed by atoms with Gasteiger partial charge in [0.25, 0.3) is 0 Å². The summed E-state index contributed by atoms with van der Waals surface area (Å²) >= 11 is 0. The van der Waals surface area contributed by atoms with Gasteiger partial charge in [0.05, 0.1) is 17.4 Å². The Morgan fingerprint density at radius 1 is 1.40 bits per heavy atom. The molecule has 15 heavy (non-hydrogen) atoms. The summed E-state index contributed by atoms with van der Waals surface area (Å²) in [5, 5.41) is 0. The highest BCUT2D eigenvalue weighted by molar-refractivity contribution is 5.51. The van der Waals surface area contributed by atoms with E-state index in [0.29, 0.717) is 0 Å². The van der Waals surface area contributed by atoms with Crippen molar-refractivity contribution in [2.24, 2.45) is 5.73 Å². The van der Waals surface area contributed by atoms with Gasteiger partial charge in [0.2, 0.25) is 5.82 Å². The summed E-state index contributed by atoms with van der Waals surface area (Å²) in [6.07, 6.45) is -0.698. The van der Waals surface area contributed by atoms with Gasteiger partial charge in [-0.15, -0.1) is 0 Å². The van der Waals surface area contributed by atoms with E-state index >= 15 is 0 Å². The molecule has 2 N–H and O–H groups in total. The first-order valence-corrected chi connectivity index (χ1v) is 4.12. The van der Waals surface area contributed by atoms with Crippen molar-refractivity contribution in [2.75, 3.05) is 0 Å². The number of aromatic nitrogens is 3. The Morgan fingerprint density at radius 2 is 2.13 bits per heavy atom. The third kappa shape index (κ3) is 1.54. The maximum absolute atomic E-state index is 12.5. The molecule has 2 rings (SSSR count). The molecule has 80 valence electrons. The first kappa shape index (κ1) is 9.91. The maximum atomic E-state index is 12.5. The van der Waals surface area contributed by atoms with Gasteiger partial charge in [0.1, 0.15) is 0 Å². The Hall–Kier alpha value is -1.63. The van der Waals surface area contributed by atoms with Gasteiger partial charge < -0.3 is 5.73 Å². The third-order valence-corrected chi connectivity index (χ3v) is 1.97. The normalized spacial score (nSPS) is 12.3. The lowest BCUT2D eigenvalue weighted by molar-refractivity contribution is -0.145. The van der Waals surface area contributed by atoms with E-state index in [1.54, 1.807) is 0 Å². The lowest BCUT2D eigenvalue weighted by Gasteiger charge is -2.03. The monoisotopic (exact) mass is 216 g/mol. The van der Waals surface area contributed by atoms with Crippen LogP contribution in [0.5, 0.6) is 0 Å². The summed E-state index contributed by atoms with van der Waals surface area (Å²) in [5.74, 6) is -0.972. The van der Waals surface area contributed by atoms with Gasteiger partial charge in [-0.3, -0.25) is 9.38 Å². The summed E-state index contributed by atoms with van der Waals surface area (Å²) in [5.41, 5.74) is 5.78. The predicted molar refractivity (Wildman–Crippen MR) is 45.9 cm³/mol. The fourth-order valence-corrected chi connectivity index (χ4v) is 1.35. The highest BCUT2D eigenvalue weighted by Gasteiger charge is 2.36. The summed E-state index contributed by atoms with van der Waals surface area (Å²) in [6, 6.07) is 0. The highest BCUT2D eigenvalue weighted by atomic mass is 19.4. The van der Waals surface area contributed by atoms with Crippen LogP contribution in [0.3, 0.4) is 0 Å². The van der Waals surface area contributed by atoms with E-state index in [4.69, 9.17) is 5.73 Å². The third-order valence-electron chi connectivity index (χ3n) is 1.97. The predicted octanol–water partition coefficient (Wildman–Crippen LogP) is 1.21. The van der Waals surface area contributed by atoms with E-state index in [-0.39, 0.29) is 17.8 Å². The number of imidazole rings is 1. The molecule has 0 radical (unpaired) electrons. The van der Waals surface area contributed by atoms with Crippen LogP contribution in [0.1, 0.15) is 11.5 Å². The molecule has 2 aromatic rings. The molecule has 0 aromatic carbocycles. The van der Waals surface area contributed by atoms with Crippen molar-refractivity contribution in [1.29, 1.82) is 0 Å². The molecule has 2 aromatic heterocycles. The van der Waals surface area contributed by atoms with Crippen molar-refractivity contribution in [1.82, 2.24) is 14.4 Å². The van der Waals surface area contributed by atoms with Crippen LogP contribution in [0.2, 0.25) is 0 Å². The van der Waals surface area contributed by atoms with E-state index in [1.165, 1.54) is 18.6 Å². The molecular formula is C8H7F3N4. The second-order valence-corrected chi connectivity index (χ2v) is 2.92. The lowest BCUT2D eigenvalue weighted by atomic mass is 10.4. The molecule has 4 nitrogen and oxygen atoms in total. The summed E-state index contributed by atoms with van der Waals surface area (Å²) in [6.45, 7) is -0.0503. The van der Waals surface area contributed by atoms with Gasteiger partial charge in [-0.2, -0.15) is 13.2 Å². The number of nitrogens with two attached hydrogens (primary N) is 1. The average Bonchev–Trinajstić information content (AvgIpc) is 2.55. The van der Waals surface area contributed by atoms with Crippen LogP contribution in [-0.4, -0.2) is 14.4 Å². The van der Waals surface area contributed by atoms with Crippen LogP contribution >= 0.6 is 0 Å². The van der Waals surface area contributed by atoms with E-state index in [9.17, 15) is 13.2 Å². The molecule has 0 bridgehead atoms. The van der Waals surface area contributed by atoms with Crippen molar-refractivity contribution in [3.8, 4) is 0 Å². The average molecular weight is 216 g/mol. The molecule has 0 saturated heterocycles. The van der Waals surface area contributed by atoms with Crippen molar-refractivity contribution in [2.45, 2.75) is 12.7 Å². The molecular weight excluding hydrogens is 209 g/mol. The minimum atomic E-state index is -4.49. The molecule has 0 unspecified atom stereocenters. The largest absolute Gasteiger partial charge is 0.450 e. The van der Waals surface area contributed by atoms with Crippen LogP contribution in [-0.2, 0) is 12.7 Å². The molecule has 7 heteroatoms. The molecule has 0 amide bonds. The quantitative estimate of drug-likeness (QED) is 0.779. The van der Waals surface area contributed by atoms with Gasteiger partial charge in [0.15, 0.2) is 0 Å². The molecule has 0 aliphatic carbocycles. The zero-order valence-corrected chi connectivity index (χ0v) is 7.49. The first-order chi connectivity index (χ1) is 7.04. The van der Waals surface area contributed by atoms with Gasteiger partial charge >= 0.3 is 6.18 Å². The number of hydrogen-bond donors (Lipinski definition) is 1. The van der Waals surface area contributed by atoms with Crippen LogP contribution < -0.4 is 5.73 Å². The highest BCUT2D eigenvalue weighted by Crippen LogP contribution is 2.29. The van der Waals surface area contributed by atoms with Crippen molar-refractivity contribution in [3.05, 3.63) is 30.1 Å². The Morgan fingerprint density at radius 3 is 2.73 bits per heavy atom. The second kappa shape index (κ2) is 3.20. The zero-order chi connectivity index (χ0) is 11.1. The Kier molecular flexibility index (Phi) is 2.11. The first-order valence-electron chi connectivity index (χ1n) is 4.12. The summed E-state index contributed by atoms with van der Waals surface area (Å²) < 4.78 is 38.5. The number of hydrogen-bond acceptors (Lipinski definition) is 3. The fraction of sp³-hybridized carbons (Fsp3) is 0.250.